The third kappa shape index (κ3) is 6.66. The van der Waals surface area contributed by atoms with Gasteiger partial charge in [0, 0.05) is 50.0 Å². The number of anilines is 1. The van der Waals surface area contributed by atoms with Crippen LogP contribution in [0, 0.1) is 12.7 Å². The Morgan fingerprint density at radius 1 is 1.10 bits per heavy atom. The van der Waals surface area contributed by atoms with Gasteiger partial charge in [-0.3, -0.25) is 14.5 Å². The first-order valence-corrected chi connectivity index (χ1v) is 14.0. The van der Waals surface area contributed by atoms with E-state index in [0.29, 0.717) is 48.0 Å². The highest BCUT2D eigenvalue weighted by atomic mass is 32.2. The Kier molecular flexibility index (Phi) is 8.57. The summed E-state index contributed by atoms with van der Waals surface area (Å²) in [6.45, 7) is 6.85. The van der Waals surface area contributed by atoms with E-state index in [-0.39, 0.29) is 18.0 Å². The van der Waals surface area contributed by atoms with Crippen molar-refractivity contribution in [2.24, 2.45) is 0 Å². The maximum atomic E-state index is 13.7. The molecule has 0 spiro atoms. The van der Waals surface area contributed by atoms with E-state index in [1.807, 2.05) is 4.90 Å². The highest BCUT2D eigenvalue weighted by molar-refractivity contribution is 7.89. The average molecular weight is 574 g/mol. The predicted molar refractivity (Wildman–Crippen MR) is 146 cm³/mol. The minimum Gasteiger partial charge on any atom is -0.496 e. The molecule has 2 aromatic carbocycles. The molecular weight excluding hydrogens is 541 g/mol. The predicted octanol–water partition coefficient (Wildman–Crippen LogP) is 2.64. The van der Waals surface area contributed by atoms with Crippen molar-refractivity contribution < 1.29 is 31.6 Å². The molecule has 3 aromatic rings. The summed E-state index contributed by atoms with van der Waals surface area (Å²) in [5, 5.41) is 5.32. The maximum absolute atomic E-state index is 13.7. The molecule has 4 rings (SSSR count). The fourth-order valence-corrected chi connectivity index (χ4v) is 6.25. The standard InChI is InChI=1S/C27H32FN5O6S/c1-18-5-6-19(28)13-24(18)40(36,37)33-11-9-32(10-12-33)16-27(2,3)31-26(35)25(34)30-20-7-8-21(22(14-20)38-4)23-15-29-17-39-23/h5-8,13-15,17H,9-12,16H2,1-4H3,(H,30,34)(H,31,35). The van der Waals surface area contributed by atoms with Gasteiger partial charge >= 0.3 is 11.8 Å². The van der Waals surface area contributed by atoms with Crippen LogP contribution >= 0.6 is 0 Å². The summed E-state index contributed by atoms with van der Waals surface area (Å²) < 4.78 is 51.9. The Labute approximate surface area is 232 Å². The molecule has 1 fully saturated rings. The number of carbonyl (C=O) groups excluding carboxylic acids is 2. The van der Waals surface area contributed by atoms with Gasteiger partial charge in [-0.1, -0.05) is 6.07 Å². The first-order chi connectivity index (χ1) is 18.9. The number of amides is 2. The molecule has 1 aromatic heterocycles. The third-order valence-corrected chi connectivity index (χ3v) is 8.57. The summed E-state index contributed by atoms with van der Waals surface area (Å²) >= 11 is 0. The fourth-order valence-electron chi connectivity index (χ4n) is 4.59. The van der Waals surface area contributed by atoms with Crippen LogP contribution in [0.3, 0.4) is 0 Å². The van der Waals surface area contributed by atoms with Gasteiger partial charge in [-0.15, -0.1) is 0 Å². The molecule has 1 aliphatic heterocycles. The number of carbonyl (C=O) groups is 2. The number of nitrogens with one attached hydrogen (secondary N) is 2. The van der Waals surface area contributed by atoms with Gasteiger partial charge in [-0.2, -0.15) is 4.31 Å². The lowest BCUT2D eigenvalue weighted by atomic mass is 10.0. The normalized spacial score (nSPS) is 15.0. The summed E-state index contributed by atoms with van der Waals surface area (Å²) in [6.07, 6.45) is 2.84. The summed E-state index contributed by atoms with van der Waals surface area (Å²) in [4.78, 5) is 31.2. The highest BCUT2D eigenvalue weighted by Crippen LogP contribution is 2.32. The number of aryl methyl sites for hydroxylation is 1. The van der Waals surface area contributed by atoms with Crippen LogP contribution in [-0.4, -0.2) is 79.8 Å². The quantitative estimate of drug-likeness (QED) is 0.393. The summed E-state index contributed by atoms with van der Waals surface area (Å²) in [5.41, 5.74) is 0.698. The molecule has 11 nitrogen and oxygen atoms in total. The molecule has 2 heterocycles. The number of nitrogens with zero attached hydrogens (tertiary/aromatic N) is 3. The highest BCUT2D eigenvalue weighted by Gasteiger charge is 2.33. The molecule has 0 atom stereocenters. The molecule has 0 bridgehead atoms. The number of piperazine rings is 1. The second-order valence-electron chi connectivity index (χ2n) is 10.2. The van der Waals surface area contributed by atoms with Crippen LogP contribution < -0.4 is 15.4 Å². The van der Waals surface area contributed by atoms with Crippen LogP contribution in [0.15, 0.2) is 58.3 Å². The Morgan fingerprint density at radius 3 is 2.48 bits per heavy atom. The Bertz CT molecular complexity index is 1490. The second kappa shape index (κ2) is 11.7. The number of hydrogen-bond acceptors (Lipinski definition) is 8. The van der Waals surface area contributed by atoms with Crippen molar-refractivity contribution in [2.45, 2.75) is 31.2 Å². The van der Waals surface area contributed by atoms with Crippen LogP contribution in [0.1, 0.15) is 19.4 Å². The SMILES string of the molecule is COc1cc(NC(=O)C(=O)NC(C)(C)CN2CCN(S(=O)(=O)c3cc(F)ccc3C)CC2)ccc1-c1cnco1. The van der Waals surface area contributed by atoms with E-state index in [0.717, 1.165) is 6.07 Å². The van der Waals surface area contributed by atoms with Gasteiger partial charge in [0.15, 0.2) is 12.2 Å². The van der Waals surface area contributed by atoms with Crippen molar-refractivity contribution in [3.63, 3.8) is 0 Å². The minimum absolute atomic E-state index is 0.0372. The van der Waals surface area contributed by atoms with Crippen molar-refractivity contribution in [1.29, 1.82) is 0 Å². The largest absolute Gasteiger partial charge is 0.496 e. The summed E-state index contributed by atoms with van der Waals surface area (Å²) in [7, 11) is -2.36. The van der Waals surface area contributed by atoms with Gasteiger partial charge in [0.1, 0.15) is 11.6 Å². The van der Waals surface area contributed by atoms with Crippen molar-refractivity contribution in [1.82, 2.24) is 19.5 Å². The van der Waals surface area contributed by atoms with E-state index in [1.54, 1.807) is 39.0 Å². The smallest absolute Gasteiger partial charge is 0.313 e. The van der Waals surface area contributed by atoms with Crippen LogP contribution in [0.4, 0.5) is 10.1 Å². The van der Waals surface area contributed by atoms with Crippen molar-refractivity contribution in [2.75, 3.05) is 45.2 Å². The molecule has 40 heavy (non-hydrogen) atoms. The number of oxazole rings is 1. The van der Waals surface area contributed by atoms with Crippen molar-refractivity contribution >= 4 is 27.5 Å². The third-order valence-electron chi connectivity index (χ3n) is 6.53. The van der Waals surface area contributed by atoms with Crippen molar-refractivity contribution in [3.8, 4) is 17.1 Å². The zero-order valence-electron chi connectivity index (χ0n) is 22.7. The zero-order valence-corrected chi connectivity index (χ0v) is 23.5. The Balaban J connectivity index is 1.31. The van der Waals surface area contributed by atoms with Gasteiger partial charge in [-0.25, -0.2) is 17.8 Å². The van der Waals surface area contributed by atoms with Gasteiger partial charge in [-0.05, 0) is 50.6 Å². The van der Waals surface area contributed by atoms with Crippen LogP contribution in [0.5, 0.6) is 5.75 Å². The number of hydrogen-bond donors (Lipinski definition) is 2. The molecule has 0 radical (unpaired) electrons. The first kappa shape index (κ1) is 29.2. The lowest BCUT2D eigenvalue weighted by Gasteiger charge is -2.38. The lowest BCUT2D eigenvalue weighted by Crippen LogP contribution is -2.57. The number of methoxy groups -OCH3 is 1. The number of aromatic nitrogens is 1. The molecule has 2 N–H and O–H groups in total. The number of sulfonamides is 1. The lowest BCUT2D eigenvalue weighted by molar-refractivity contribution is -0.137. The fraction of sp³-hybridized carbons (Fsp3) is 0.370. The number of halogens is 1. The topological polar surface area (TPSA) is 134 Å². The van der Waals surface area contributed by atoms with Gasteiger partial charge < -0.3 is 19.8 Å². The van der Waals surface area contributed by atoms with Crippen LogP contribution in [-0.2, 0) is 19.6 Å². The number of benzene rings is 2. The van der Waals surface area contributed by atoms with E-state index in [1.165, 1.54) is 36.1 Å². The monoisotopic (exact) mass is 573 g/mol. The maximum Gasteiger partial charge on any atom is 0.313 e. The molecule has 1 saturated heterocycles. The van der Waals surface area contributed by atoms with E-state index < -0.39 is 33.2 Å². The zero-order chi connectivity index (χ0) is 29.1. The van der Waals surface area contributed by atoms with Gasteiger partial charge in [0.05, 0.1) is 23.8 Å². The van der Waals surface area contributed by atoms with Crippen LogP contribution in [0.2, 0.25) is 0 Å². The summed E-state index contributed by atoms with van der Waals surface area (Å²) in [6, 6.07) is 8.61. The van der Waals surface area contributed by atoms with E-state index in [4.69, 9.17) is 9.15 Å². The van der Waals surface area contributed by atoms with Gasteiger partial charge in [0.2, 0.25) is 10.0 Å². The summed E-state index contributed by atoms with van der Waals surface area (Å²) in [5.74, 6) is -1.33. The first-order valence-electron chi connectivity index (χ1n) is 12.6. The molecular formula is C27H32FN5O6S. The van der Waals surface area contributed by atoms with E-state index in [2.05, 4.69) is 15.6 Å². The Hall–Kier alpha value is -3.81. The second-order valence-corrected chi connectivity index (χ2v) is 12.1. The number of ether oxygens (including phenoxy) is 1. The molecule has 214 valence electrons. The van der Waals surface area contributed by atoms with Crippen LogP contribution in [0.25, 0.3) is 11.3 Å². The minimum atomic E-state index is -3.84. The molecule has 13 heteroatoms. The van der Waals surface area contributed by atoms with Gasteiger partial charge in [0.25, 0.3) is 0 Å². The molecule has 2 amide bonds. The number of rotatable bonds is 8. The molecule has 1 aliphatic rings. The van der Waals surface area contributed by atoms with E-state index in [9.17, 15) is 22.4 Å². The average Bonchev–Trinajstić information content (AvgIpc) is 3.44. The molecule has 0 aliphatic carbocycles. The van der Waals surface area contributed by atoms with E-state index >= 15 is 0 Å². The Morgan fingerprint density at radius 2 is 1.82 bits per heavy atom. The molecule has 0 unspecified atom stereocenters. The molecule has 0 saturated carbocycles. The van der Waals surface area contributed by atoms with Crippen molar-refractivity contribution in [3.05, 3.63) is 60.4 Å².